The molecule has 1 saturated heterocycles. The van der Waals surface area contributed by atoms with Gasteiger partial charge in [-0.15, -0.1) is 0 Å². The van der Waals surface area contributed by atoms with Crippen molar-refractivity contribution in [1.29, 1.82) is 0 Å². The van der Waals surface area contributed by atoms with Gasteiger partial charge in [0.2, 0.25) is 10.0 Å². The number of hydrogen-bond acceptors (Lipinski definition) is 8. The molecule has 1 fully saturated rings. The number of sulfonamides is 1. The van der Waals surface area contributed by atoms with E-state index in [2.05, 4.69) is 56.4 Å². The molecule has 1 aliphatic heterocycles. The lowest BCUT2D eigenvalue weighted by molar-refractivity contribution is -0.119. The van der Waals surface area contributed by atoms with Gasteiger partial charge in [0.05, 0.1) is 47.7 Å². The van der Waals surface area contributed by atoms with Gasteiger partial charge in [-0.1, -0.05) is 63.2 Å². The molecule has 49 heavy (non-hydrogen) atoms. The molecule has 3 aromatic carbocycles. The van der Waals surface area contributed by atoms with Crippen molar-refractivity contribution in [3.05, 3.63) is 94.7 Å². The Hall–Kier alpha value is -4.58. The number of benzene rings is 3. The van der Waals surface area contributed by atoms with E-state index in [0.717, 1.165) is 35.2 Å². The minimum atomic E-state index is -3.82. The van der Waals surface area contributed by atoms with Crippen molar-refractivity contribution in [2.24, 2.45) is 0 Å². The third kappa shape index (κ3) is 7.39. The highest BCUT2D eigenvalue weighted by molar-refractivity contribution is 7.89. The molecule has 256 valence electrons. The molecule has 2 aliphatic rings. The molecule has 11 heteroatoms. The Balaban J connectivity index is 1.24. The van der Waals surface area contributed by atoms with Gasteiger partial charge in [-0.3, -0.25) is 4.79 Å². The van der Waals surface area contributed by atoms with Crippen molar-refractivity contribution in [3.63, 3.8) is 0 Å². The van der Waals surface area contributed by atoms with Crippen molar-refractivity contribution in [1.82, 2.24) is 9.29 Å². The number of rotatable bonds is 8. The molecule has 0 atom stereocenters. The summed E-state index contributed by atoms with van der Waals surface area (Å²) in [6, 6.07) is 20.2. The van der Waals surface area contributed by atoms with Crippen LogP contribution in [-0.4, -0.2) is 69.6 Å². The number of amides is 1. The van der Waals surface area contributed by atoms with E-state index < -0.39 is 28.5 Å². The molecule has 1 aliphatic carbocycles. The van der Waals surface area contributed by atoms with E-state index in [4.69, 9.17) is 19.2 Å². The van der Waals surface area contributed by atoms with Crippen molar-refractivity contribution >= 4 is 50.1 Å². The smallest absolute Gasteiger partial charge is 0.339 e. The van der Waals surface area contributed by atoms with Crippen LogP contribution in [0, 0.1) is 0 Å². The molecule has 0 bridgehead atoms. The SMILES string of the molecule is COc1ccc(S(=O)(=O)N2CCOCC2)cc1NC(=O)COC(=O)c1c2c(nc3ccccc13)C(=Cc1ccc(C(C)(C)C)cc1)CCC2. The van der Waals surface area contributed by atoms with Gasteiger partial charge in [0, 0.05) is 18.5 Å². The van der Waals surface area contributed by atoms with Gasteiger partial charge >= 0.3 is 5.97 Å². The van der Waals surface area contributed by atoms with Gasteiger partial charge in [0.15, 0.2) is 6.61 Å². The van der Waals surface area contributed by atoms with E-state index >= 15 is 0 Å². The minimum absolute atomic E-state index is 0.00591. The van der Waals surface area contributed by atoms with Crippen LogP contribution in [0.1, 0.15) is 66.4 Å². The third-order valence-electron chi connectivity index (χ3n) is 8.88. The van der Waals surface area contributed by atoms with Crippen LogP contribution in [0.3, 0.4) is 0 Å². The first-order valence-corrected chi connectivity index (χ1v) is 17.9. The first kappa shape index (κ1) is 34.3. The summed E-state index contributed by atoms with van der Waals surface area (Å²) in [7, 11) is -2.40. The lowest BCUT2D eigenvalue weighted by Crippen LogP contribution is -2.40. The van der Waals surface area contributed by atoms with E-state index in [1.54, 1.807) is 0 Å². The topological polar surface area (TPSA) is 124 Å². The predicted molar refractivity (Wildman–Crippen MR) is 189 cm³/mol. The van der Waals surface area contributed by atoms with Gasteiger partial charge < -0.3 is 19.5 Å². The average Bonchev–Trinajstić information content (AvgIpc) is 3.10. The first-order chi connectivity index (χ1) is 23.5. The van der Waals surface area contributed by atoms with E-state index in [1.165, 1.54) is 35.2 Å². The number of allylic oxidation sites excluding steroid dienone is 1. The van der Waals surface area contributed by atoms with Crippen LogP contribution in [-0.2, 0) is 36.1 Å². The van der Waals surface area contributed by atoms with Crippen molar-refractivity contribution in [2.75, 3.05) is 45.3 Å². The molecule has 0 unspecified atom stereocenters. The molecule has 1 aromatic heterocycles. The summed E-state index contributed by atoms with van der Waals surface area (Å²) in [4.78, 5) is 31.9. The molecule has 0 spiro atoms. The monoisotopic (exact) mass is 683 g/mol. The highest BCUT2D eigenvalue weighted by atomic mass is 32.2. The molecule has 1 N–H and O–H groups in total. The molecule has 10 nitrogen and oxygen atoms in total. The van der Waals surface area contributed by atoms with Crippen LogP contribution >= 0.6 is 0 Å². The van der Waals surface area contributed by atoms with Crippen molar-refractivity contribution < 1.29 is 32.2 Å². The van der Waals surface area contributed by atoms with E-state index in [-0.39, 0.29) is 34.8 Å². The summed E-state index contributed by atoms with van der Waals surface area (Å²) >= 11 is 0. The number of esters is 1. The normalized spacial score (nSPS) is 16.3. The summed E-state index contributed by atoms with van der Waals surface area (Å²) < 4.78 is 44.1. The number of anilines is 1. The number of nitrogens with one attached hydrogen (secondary N) is 1. The fourth-order valence-electron chi connectivity index (χ4n) is 6.26. The summed E-state index contributed by atoms with van der Waals surface area (Å²) in [6.07, 6.45) is 4.43. The predicted octanol–water partition coefficient (Wildman–Crippen LogP) is 6.23. The fraction of sp³-hybridized carbons (Fsp3) is 0.342. The zero-order chi connectivity index (χ0) is 34.8. The quantitative estimate of drug-likeness (QED) is 0.217. The number of pyridine rings is 1. The summed E-state index contributed by atoms with van der Waals surface area (Å²) in [5.41, 5.74) is 6.19. The second kappa shape index (κ2) is 14.1. The average molecular weight is 684 g/mol. The van der Waals surface area contributed by atoms with Gasteiger partial charge in [-0.05, 0) is 77.3 Å². The van der Waals surface area contributed by atoms with Crippen LogP contribution in [0.15, 0.2) is 71.6 Å². The number of ether oxygens (including phenoxy) is 3. The minimum Gasteiger partial charge on any atom is -0.495 e. The highest BCUT2D eigenvalue weighted by Crippen LogP contribution is 2.37. The number of nitrogens with zero attached hydrogens (tertiary/aromatic N) is 2. The summed E-state index contributed by atoms with van der Waals surface area (Å²) in [5, 5.41) is 3.32. The van der Waals surface area contributed by atoms with Gasteiger partial charge in [0.25, 0.3) is 5.91 Å². The van der Waals surface area contributed by atoms with Gasteiger partial charge in [-0.2, -0.15) is 4.31 Å². The Morgan fingerprint density at radius 2 is 1.73 bits per heavy atom. The summed E-state index contributed by atoms with van der Waals surface area (Å²) in [5.74, 6) is -1.00. The van der Waals surface area contributed by atoms with Crippen molar-refractivity contribution in [3.8, 4) is 5.75 Å². The van der Waals surface area contributed by atoms with E-state index in [9.17, 15) is 18.0 Å². The maximum Gasteiger partial charge on any atom is 0.339 e. The third-order valence-corrected chi connectivity index (χ3v) is 10.8. The molecule has 1 amide bonds. The van der Waals surface area contributed by atoms with Crippen LogP contribution in [0.5, 0.6) is 5.75 Å². The van der Waals surface area contributed by atoms with Gasteiger partial charge in [0.1, 0.15) is 5.75 Å². The first-order valence-electron chi connectivity index (χ1n) is 16.4. The molecule has 0 saturated carbocycles. The molecule has 6 rings (SSSR count). The maximum atomic E-state index is 13.8. The number of fused-ring (bicyclic) bond motifs is 2. The van der Waals surface area contributed by atoms with Crippen LogP contribution in [0.25, 0.3) is 22.6 Å². The number of para-hydroxylation sites is 1. The van der Waals surface area contributed by atoms with E-state index in [1.807, 2.05) is 24.3 Å². The van der Waals surface area contributed by atoms with Crippen LogP contribution in [0.2, 0.25) is 0 Å². The largest absolute Gasteiger partial charge is 0.495 e. The Morgan fingerprint density at radius 1 is 1.00 bits per heavy atom. The lowest BCUT2D eigenvalue weighted by atomic mass is 9.85. The zero-order valence-corrected chi connectivity index (χ0v) is 29.1. The zero-order valence-electron chi connectivity index (χ0n) is 28.2. The number of aromatic nitrogens is 1. The standard InChI is InChI=1S/C38H41N3O7S/c1-38(2,3)27-14-12-25(13-15-27)22-26-8-7-10-30-35(29-9-5-6-11-31(29)40-36(26)30)37(43)48-24-34(42)39-32-23-28(16-17-33(32)46-4)49(44,45)41-18-20-47-21-19-41/h5-6,9,11-17,22-23H,7-8,10,18-21,24H2,1-4H3,(H,39,42). The summed E-state index contributed by atoms with van der Waals surface area (Å²) in [6.45, 7) is 7.06. The molecular formula is C38H41N3O7S. The fourth-order valence-corrected chi connectivity index (χ4v) is 7.69. The lowest BCUT2D eigenvalue weighted by Gasteiger charge is -2.26. The number of carbonyl (C=O) groups is 2. The Labute approximate surface area is 287 Å². The molecular weight excluding hydrogens is 642 g/mol. The molecule has 0 radical (unpaired) electrons. The highest BCUT2D eigenvalue weighted by Gasteiger charge is 2.29. The molecule has 4 aromatic rings. The van der Waals surface area contributed by atoms with Crippen LogP contribution in [0.4, 0.5) is 5.69 Å². The van der Waals surface area contributed by atoms with Crippen molar-refractivity contribution in [2.45, 2.75) is 50.3 Å². The number of methoxy groups -OCH3 is 1. The second-order valence-corrected chi connectivity index (χ2v) is 15.2. The Kier molecular flexibility index (Phi) is 9.87. The number of morpholine rings is 1. The second-order valence-electron chi connectivity index (χ2n) is 13.2. The maximum absolute atomic E-state index is 13.8. The Morgan fingerprint density at radius 3 is 2.45 bits per heavy atom. The Bertz CT molecular complexity index is 2030. The van der Waals surface area contributed by atoms with Crippen LogP contribution < -0.4 is 10.1 Å². The van der Waals surface area contributed by atoms with E-state index in [0.29, 0.717) is 36.1 Å². The number of carbonyl (C=O) groups excluding carboxylic acids is 2. The molecule has 2 heterocycles. The number of hydrogen-bond donors (Lipinski definition) is 1. The van der Waals surface area contributed by atoms with Gasteiger partial charge in [-0.25, -0.2) is 18.2 Å².